The molecule has 1 N–H and O–H groups in total. The Bertz CT molecular complexity index is 625. The summed E-state index contributed by atoms with van der Waals surface area (Å²) in [5.74, 6) is -0.484. The van der Waals surface area contributed by atoms with Gasteiger partial charge in [0.1, 0.15) is 4.88 Å². The van der Waals surface area contributed by atoms with E-state index in [0.717, 1.165) is 6.42 Å². The summed E-state index contributed by atoms with van der Waals surface area (Å²) in [6.45, 7) is 4.20. The van der Waals surface area contributed by atoms with Gasteiger partial charge in [-0.3, -0.25) is 4.79 Å². The highest BCUT2D eigenvalue weighted by molar-refractivity contribution is 7.11. The minimum absolute atomic E-state index is 0.250. The van der Waals surface area contributed by atoms with Gasteiger partial charge in [0.05, 0.1) is 0 Å². The smallest absolute Gasteiger partial charge is 0.349 e. The molecule has 1 heterocycles. The predicted octanol–water partition coefficient (Wildman–Crippen LogP) is 3.60. The van der Waals surface area contributed by atoms with E-state index in [1.54, 1.807) is 24.4 Å². The highest BCUT2D eigenvalue weighted by Gasteiger charge is 2.20. The van der Waals surface area contributed by atoms with Gasteiger partial charge in [0.25, 0.3) is 5.91 Å². The normalized spacial score (nSPS) is 13.1. The summed E-state index contributed by atoms with van der Waals surface area (Å²) < 4.78 is 5.19. The van der Waals surface area contributed by atoms with E-state index in [0.29, 0.717) is 11.4 Å². The number of rotatable bonds is 7. The molecule has 0 saturated heterocycles. The van der Waals surface area contributed by atoms with E-state index in [4.69, 9.17) is 4.74 Å². The number of ether oxygens (including phenoxy) is 1. The average Bonchev–Trinajstić information content (AvgIpc) is 3.10. The van der Waals surface area contributed by atoms with Crippen LogP contribution in [0.15, 0.2) is 47.8 Å². The number of benzene rings is 1. The first-order valence-electron chi connectivity index (χ1n) is 7.69. The van der Waals surface area contributed by atoms with Crippen molar-refractivity contribution in [1.29, 1.82) is 0 Å². The van der Waals surface area contributed by atoms with Gasteiger partial charge in [0, 0.05) is 12.5 Å². The maximum Gasteiger partial charge on any atom is 0.349 e. The molecule has 2 atom stereocenters. The molecule has 23 heavy (non-hydrogen) atoms. The molecule has 1 amide bonds. The van der Waals surface area contributed by atoms with Gasteiger partial charge in [-0.1, -0.05) is 43.3 Å². The summed E-state index contributed by atoms with van der Waals surface area (Å²) >= 11 is 1.30. The molecule has 1 aromatic heterocycles. The van der Waals surface area contributed by atoms with Crippen molar-refractivity contribution >= 4 is 23.2 Å². The Morgan fingerprint density at radius 3 is 2.52 bits per heavy atom. The SMILES string of the molecule is CC[C@H](CNC(=O)[C@H](C)OC(=O)c1cccs1)c1ccccc1. The lowest BCUT2D eigenvalue weighted by Gasteiger charge is -2.18. The molecule has 0 aliphatic rings. The minimum Gasteiger partial charge on any atom is -0.448 e. The third-order valence-corrected chi connectivity index (χ3v) is 4.51. The van der Waals surface area contributed by atoms with E-state index in [1.807, 2.05) is 18.2 Å². The zero-order valence-corrected chi connectivity index (χ0v) is 14.1. The Morgan fingerprint density at radius 1 is 1.17 bits per heavy atom. The standard InChI is InChI=1S/C18H21NO3S/c1-3-14(15-8-5-4-6-9-15)12-19-17(20)13(2)22-18(21)16-10-7-11-23-16/h4-11,13-14H,3,12H2,1-2H3,(H,19,20)/t13-,14+/m0/s1. The Kier molecular flexibility index (Phi) is 6.35. The largest absolute Gasteiger partial charge is 0.448 e. The van der Waals surface area contributed by atoms with Gasteiger partial charge >= 0.3 is 5.97 Å². The zero-order chi connectivity index (χ0) is 16.7. The van der Waals surface area contributed by atoms with E-state index in [9.17, 15) is 9.59 Å². The molecule has 0 radical (unpaired) electrons. The van der Waals surface area contributed by atoms with Crippen molar-refractivity contribution in [3.63, 3.8) is 0 Å². The topological polar surface area (TPSA) is 55.4 Å². The molecule has 0 unspecified atom stereocenters. The van der Waals surface area contributed by atoms with Crippen LogP contribution in [0.3, 0.4) is 0 Å². The van der Waals surface area contributed by atoms with Gasteiger partial charge in [-0.15, -0.1) is 11.3 Å². The fraction of sp³-hybridized carbons (Fsp3) is 0.333. The second-order valence-corrected chi connectivity index (χ2v) is 6.23. The molecular formula is C18H21NO3S. The Hall–Kier alpha value is -2.14. The Morgan fingerprint density at radius 2 is 1.91 bits per heavy atom. The van der Waals surface area contributed by atoms with Crippen LogP contribution >= 0.6 is 11.3 Å². The molecule has 0 spiro atoms. The maximum atomic E-state index is 12.1. The fourth-order valence-electron chi connectivity index (χ4n) is 2.26. The summed E-state index contributed by atoms with van der Waals surface area (Å²) in [5, 5.41) is 4.67. The summed E-state index contributed by atoms with van der Waals surface area (Å²) in [7, 11) is 0. The molecule has 122 valence electrons. The van der Waals surface area contributed by atoms with E-state index in [1.165, 1.54) is 16.9 Å². The maximum absolute atomic E-state index is 12.1. The van der Waals surface area contributed by atoms with Crippen LogP contribution in [0.2, 0.25) is 0 Å². The molecule has 0 aliphatic heterocycles. The molecule has 0 bridgehead atoms. The zero-order valence-electron chi connectivity index (χ0n) is 13.3. The number of nitrogens with one attached hydrogen (secondary N) is 1. The van der Waals surface area contributed by atoms with Gasteiger partial charge in [-0.25, -0.2) is 4.79 Å². The van der Waals surface area contributed by atoms with Crippen molar-refractivity contribution in [2.45, 2.75) is 32.3 Å². The van der Waals surface area contributed by atoms with Crippen LogP contribution in [-0.4, -0.2) is 24.5 Å². The van der Waals surface area contributed by atoms with E-state index < -0.39 is 12.1 Å². The average molecular weight is 331 g/mol. The first kappa shape index (κ1) is 17.2. The van der Waals surface area contributed by atoms with Crippen LogP contribution < -0.4 is 5.32 Å². The number of esters is 1. The predicted molar refractivity (Wildman–Crippen MR) is 91.7 cm³/mol. The van der Waals surface area contributed by atoms with Crippen LogP contribution in [0.25, 0.3) is 0 Å². The highest BCUT2D eigenvalue weighted by Crippen LogP contribution is 2.18. The lowest BCUT2D eigenvalue weighted by atomic mass is 9.96. The van der Waals surface area contributed by atoms with Crippen LogP contribution in [0.5, 0.6) is 0 Å². The number of carbonyl (C=O) groups excluding carboxylic acids is 2. The lowest BCUT2D eigenvalue weighted by molar-refractivity contribution is -0.129. The summed E-state index contributed by atoms with van der Waals surface area (Å²) in [5.41, 5.74) is 1.19. The Balaban J connectivity index is 1.84. The van der Waals surface area contributed by atoms with Crippen LogP contribution in [-0.2, 0) is 9.53 Å². The quantitative estimate of drug-likeness (QED) is 0.789. The number of carbonyl (C=O) groups is 2. The second-order valence-electron chi connectivity index (χ2n) is 5.29. The van der Waals surface area contributed by atoms with Crippen molar-refractivity contribution in [3.8, 4) is 0 Å². The number of amides is 1. The molecule has 0 saturated carbocycles. The van der Waals surface area contributed by atoms with Crippen molar-refractivity contribution in [2.75, 3.05) is 6.54 Å². The van der Waals surface area contributed by atoms with Gasteiger partial charge in [0.2, 0.25) is 0 Å². The number of hydrogen-bond donors (Lipinski definition) is 1. The van der Waals surface area contributed by atoms with E-state index in [2.05, 4.69) is 24.4 Å². The molecule has 2 aromatic rings. The van der Waals surface area contributed by atoms with Crippen molar-refractivity contribution < 1.29 is 14.3 Å². The second kappa shape index (κ2) is 8.48. The van der Waals surface area contributed by atoms with Gasteiger partial charge < -0.3 is 10.1 Å². The molecule has 0 fully saturated rings. The Labute approximate surface area is 140 Å². The number of thiophene rings is 1. The van der Waals surface area contributed by atoms with E-state index >= 15 is 0 Å². The molecule has 5 heteroatoms. The van der Waals surface area contributed by atoms with Crippen LogP contribution in [0, 0.1) is 0 Å². The van der Waals surface area contributed by atoms with E-state index in [-0.39, 0.29) is 11.8 Å². The summed E-state index contributed by atoms with van der Waals surface area (Å²) in [6.07, 6.45) is 0.117. The summed E-state index contributed by atoms with van der Waals surface area (Å²) in [4.78, 5) is 24.5. The first-order chi connectivity index (χ1) is 11.1. The minimum atomic E-state index is -0.808. The third kappa shape index (κ3) is 4.93. The molecule has 2 rings (SSSR count). The highest BCUT2D eigenvalue weighted by atomic mass is 32.1. The summed E-state index contributed by atoms with van der Waals surface area (Å²) in [6, 6.07) is 13.5. The molecular weight excluding hydrogens is 310 g/mol. The van der Waals surface area contributed by atoms with Crippen molar-refractivity contribution in [2.24, 2.45) is 0 Å². The van der Waals surface area contributed by atoms with Gasteiger partial charge in [-0.2, -0.15) is 0 Å². The van der Waals surface area contributed by atoms with Crippen LogP contribution in [0.4, 0.5) is 0 Å². The monoisotopic (exact) mass is 331 g/mol. The number of hydrogen-bond acceptors (Lipinski definition) is 4. The van der Waals surface area contributed by atoms with Gasteiger partial charge in [0.15, 0.2) is 6.10 Å². The third-order valence-electron chi connectivity index (χ3n) is 3.66. The molecule has 0 aliphatic carbocycles. The van der Waals surface area contributed by atoms with Crippen LogP contribution in [0.1, 0.15) is 41.4 Å². The van der Waals surface area contributed by atoms with Crippen molar-refractivity contribution in [3.05, 3.63) is 58.3 Å². The molecule has 4 nitrogen and oxygen atoms in total. The van der Waals surface area contributed by atoms with Gasteiger partial charge in [-0.05, 0) is 30.4 Å². The van der Waals surface area contributed by atoms with Crippen molar-refractivity contribution in [1.82, 2.24) is 5.32 Å². The molecule has 1 aromatic carbocycles. The fourth-order valence-corrected chi connectivity index (χ4v) is 2.86. The first-order valence-corrected chi connectivity index (χ1v) is 8.57. The lowest BCUT2D eigenvalue weighted by Crippen LogP contribution is -2.37.